The van der Waals surface area contributed by atoms with Gasteiger partial charge in [0.25, 0.3) is 0 Å². The molecule has 0 radical (unpaired) electrons. The summed E-state index contributed by atoms with van der Waals surface area (Å²) in [7, 11) is 1.29. The molecule has 2 aromatic carbocycles. The lowest BCUT2D eigenvalue weighted by molar-refractivity contribution is -0.135. The van der Waals surface area contributed by atoms with Gasteiger partial charge in [-0.15, -0.1) is 0 Å². The van der Waals surface area contributed by atoms with Gasteiger partial charge in [0.1, 0.15) is 35.1 Å². The number of likely N-dealkylation sites (tertiary alicyclic amines) is 1. The predicted molar refractivity (Wildman–Crippen MR) is 202 cm³/mol. The molecule has 52 heavy (non-hydrogen) atoms. The van der Waals surface area contributed by atoms with E-state index in [4.69, 9.17) is 14.2 Å². The highest BCUT2D eigenvalue weighted by atomic mass is 16.6. The molecule has 3 atom stereocenters. The standard InChI is InChI=1S/C39H49N7O6.3H2/c1-23(2)32(44-36(48)50-8)35(47)45-19-9-10-30(45)33-40-20-28(42-33)26-15-11-24(12-16-26)25-13-17-27(18-14-25)29-21-41-34(43-29)31-22-51-39(6,7)46(31)37(49)52-38(3,4)5;;;/h11-18,20-21,23,30-32H,9-10,19,22H2,1-8H3,(H,40,42)(H,41,43)(H,44,48);3*1H/t30-,31-,32-;;;/m0.../s1. The van der Waals surface area contributed by atoms with Crippen LogP contribution in [-0.4, -0.2) is 85.5 Å². The first-order valence-electron chi connectivity index (χ1n) is 17.8. The van der Waals surface area contributed by atoms with Gasteiger partial charge >= 0.3 is 12.2 Å². The van der Waals surface area contributed by atoms with Crippen molar-refractivity contribution in [3.63, 3.8) is 0 Å². The average molecular weight is 718 g/mol. The Morgan fingerprint density at radius 2 is 1.42 bits per heavy atom. The summed E-state index contributed by atoms with van der Waals surface area (Å²) in [6.07, 6.45) is 4.15. The van der Waals surface area contributed by atoms with E-state index in [1.807, 2.05) is 65.5 Å². The third-order valence-electron chi connectivity index (χ3n) is 9.55. The van der Waals surface area contributed by atoms with Crippen LogP contribution in [0.25, 0.3) is 33.6 Å². The molecule has 282 valence electrons. The quantitative estimate of drug-likeness (QED) is 0.166. The molecule has 4 heterocycles. The highest BCUT2D eigenvalue weighted by Crippen LogP contribution is 2.38. The molecule has 0 saturated carbocycles. The second kappa shape index (κ2) is 14.5. The number of hydrogen-bond acceptors (Lipinski definition) is 8. The fourth-order valence-corrected chi connectivity index (χ4v) is 6.84. The van der Waals surface area contributed by atoms with Crippen LogP contribution in [0.5, 0.6) is 0 Å². The lowest BCUT2D eigenvalue weighted by Crippen LogP contribution is -2.51. The number of nitrogens with zero attached hydrogens (tertiary/aromatic N) is 4. The number of nitrogens with one attached hydrogen (secondary N) is 3. The number of imidazole rings is 2. The number of hydrogen-bond donors (Lipinski definition) is 3. The molecule has 0 spiro atoms. The molecule has 3 N–H and O–H groups in total. The van der Waals surface area contributed by atoms with E-state index < -0.39 is 35.6 Å². The van der Waals surface area contributed by atoms with Gasteiger partial charge in [-0.05, 0) is 75.6 Å². The van der Waals surface area contributed by atoms with Crippen LogP contribution >= 0.6 is 0 Å². The maximum absolute atomic E-state index is 13.5. The van der Waals surface area contributed by atoms with Gasteiger partial charge in [0, 0.05) is 10.8 Å². The minimum atomic E-state index is -0.836. The van der Waals surface area contributed by atoms with Crippen molar-refractivity contribution in [2.75, 3.05) is 20.3 Å². The van der Waals surface area contributed by atoms with Gasteiger partial charge in [-0.2, -0.15) is 0 Å². The molecule has 3 amide bonds. The third kappa shape index (κ3) is 7.69. The number of carbonyl (C=O) groups is 3. The SMILES string of the molecule is COC(=O)N[C@H](C(=O)N1CCC[C@H]1c1ncc(-c2ccc(-c3ccc(-c4cnc([C@@H]5COC(C)(C)N5C(=O)OC(C)(C)C)[nH]4)cc3)cc2)[nH]1)C(C)C.[HH].[HH].[HH]. The van der Waals surface area contributed by atoms with Crippen molar-refractivity contribution in [1.82, 2.24) is 35.1 Å². The van der Waals surface area contributed by atoms with Crippen LogP contribution in [0.4, 0.5) is 9.59 Å². The zero-order valence-corrected chi connectivity index (χ0v) is 31.1. The van der Waals surface area contributed by atoms with Crippen molar-refractivity contribution in [2.45, 2.75) is 90.8 Å². The lowest BCUT2D eigenvalue weighted by atomic mass is 10.0. The first-order chi connectivity index (χ1) is 24.6. The molecule has 2 fully saturated rings. The molecular formula is C39H55N7O6. The molecule has 13 nitrogen and oxygen atoms in total. The molecule has 2 aliphatic heterocycles. The number of methoxy groups -OCH3 is 1. The third-order valence-corrected chi connectivity index (χ3v) is 9.55. The minimum Gasteiger partial charge on any atom is -0.453 e. The monoisotopic (exact) mass is 717 g/mol. The first-order valence-corrected chi connectivity index (χ1v) is 17.8. The summed E-state index contributed by atoms with van der Waals surface area (Å²) in [5, 5.41) is 2.69. The Morgan fingerprint density at radius 3 is 1.92 bits per heavy atom. The highest BCUT2D eigenvalue weighted by molar-refractivity contribution is 5.86. The number of amides is 3. The topological polar surface area (TPSA) is 155 Å². The summed E-state index contributed by atoms with van der Waals surface area (Å²) < 4.78 is 16.4. The van der Waals surface area contributed by atoms with Crippen molar-refractivity contribution in [3.8, 4) is 33.6 Å². The lowest BCUT2D eigenvalue weighted by Gasteiger charge is -2.34. The molecular weight excluding hydrogens is 662 g/mol. The maximum Gasteiger partial charge on any atom is 0.413 e. The summed E-state index contributed by atoms with van der Waals surface area (Å²) in [4.78, 5) is 58.1. The fraction of sp³-hybridized carbons (Fsp3) is 0.462. The van der Waals surface area contributed by atoms with Crippen molar-refractivity contribution in [3.05, 3.63) is 72.6 Å². The Morgan fingerprint density at radius 1 is 0.904 bits per heavy atom. The Bertz CT molecular complexity index is 1910. The highest BCUT2D eigenvalue weighted by Gasteiger charge is 2.47. The average Bonchev–Trinajstić information content (AvgIpc) is 3.92. The Balaban J connectivity index is 0.00000271. The van der Waals surface area contributed by atoms with Crippen molar-refractivity contribution < 1.29 is 32.9 Å². The second-order valence-corrected chi connectivity index (χ2v) is 15.2. The van der Waals surface area contributed by atoms with Gasteiger partial charge < -0.3 is 34.4 Å². The van der Waals surface area contributed by atoms with Crippen LogP contribution in [-0.2, 0) is 19.0 Å². The van der Waals surface area contributed by atoms with Gasteiger partial charge in [0.05, 0.1) is 43.5 Å². The zero-order valence-electron chi connectivity index (χ0n) is 31.1. The number of aromatic amines is 2. The van der Waals surface area contributed by atoms with E-state index in [0.717, 1.165) is 52.3 Å². The van der Waals surface area contributed by atoms with Crippen molar-refractivity contribution in [2.24, 2.45) is 5.92 Å². The summed E-state index contributed by atoms with van der Waals surface area (Å²) in [5.74, 6) is 1.12. The van der Waals surface area contributed by atoms with Gasteiger partial charge in [0.15, 0.2) is 0 Å². The number of H-pyrrole nitrogens is 2. The number of aromatic nitrogens is 4. The van der Waals surface area contributed by atoms with E-state index in [-0.39, 0.29) is 22.1 Å². The fourth-order valence-electron chi connectivity index (χ4n) is 6.84. The largest absolute Gasteiger partial charge is 0.453 e. The maximum atomic E-state index is 13.5. The van der Waals surface area contributed by atoms with E-state index in [9.17, 15) is 14.4 Å². The number of benzene rings is 2. The first kappa shape index (κ1) is 36.6. The van der Waals surface area contributed by atoms with Crippen LogP contribution in [0.2, 0.25) is 0 Å². The molecule has 2 aliphatic rings. The van der Waals surface area contributed by atoms with Crippen LogP contribution in [0.3, 0.4) is 0 Å². The molecule has 0 bridgehead atoms. The summed E-state index contributed by atoms with van der Waals surface area (Å²) in [6.45, 7) is 13.9. The molecule has 2 saturated heterocycles. The van der Waals surface area contributed by atoms with Crippen LogP contribution < -0.4 is 5.32 Å². The van der Waals surface area contributed by atoms with E-state index in [0.29, 0.717) is 19.0 Å². The van der Waals surface area contributed by atoms with Gasteiger partial charge in [-0.1, -0.05) is 62.4 Å². The predicted octanol–water partition coefficient (Wildman–Crippen LogP) is 7.96. The van der Waals surface area contributed by atoms with Crippen LogP contribution in [0.1, 0.15) is 89.3 Å². The smallest absolute Gasteiger partial charge is 0.413 e. The van der Waals surface area contributed by atoms with Crippen LogP contribution in [0, 0.1) is 5.92 Å². The van der Waals surface area contributed by atoms with Crippen molar-refractivity contribution in [1.29, 1.82) is 0 Å². The second-order valence-electron chi connectivity index (χ2n) is 15.2. The number of ether oxygens (including phenoxy) is 3. The number of rotatable bonds is 8. The molecule has 6 rings (SSSR count). The normalized spacial score (nSPS) is 19.2. The molecule has 4 aromatic rings. The van der Waals surface area contributed by atoms with E-state index in [2.05, 4.69) is 61.7 Å². The van der Waals surface area contributed by atoms with Crippen molar-refractivity contribution >= 4 is 18.1 Å². The summed E-state index contributed by atoms with van der Waals surface area (Å²) in [6, 6.07) is 15.2. The summed E-state index contributed by atoms with van der Waals surface area (Å²) >= 11 is 0. The molecule has 2 aromatic heterocycles. The van der Waals surface area contributed by atoms with Gasteiger partial charge in [-0.25, -0.2) is 19.6 Å². The van der Waals surface area contributed by atoms with E-state index in [1.165, 1.54) is 7.11 Å². The van der Waals surface area contributed by atoms with E-state index in [1.54, 1.807) is 17.3 Å². The Kier molecular flexibility index (Phi) is 10.2. The van der Waals surface area contributed by atoms with E-state index >= 15 is 0 Å². The Labute approximate surface area is 308 Å². The number of carbonyl (C=O) groups excluding carboxylic acids is 3. The minimum absolute atomic E-state index is 0. The zero-order chi connectivity index (χ0) is 37.4. The molecule has 13 heteroatoms. The Hall–Kier alpha value is -5.17. The summed E-state index contributed by atoms with van der Waals surface area (Å²) in [5.41, 5.74) is 4.29. The number of alkyl carbamates (subject to hydrolysis) is 1. The van der Waals surface area contributed by atoms with Gasteiger partial charge in [-0.3, -0.25) is 9.69 Å². The van der Waals surface area contributed by atoms with Crippen LogP contribution in [0.15, 0.2) is 60.9 Å². The molecule has 0 unspecified atom stereocenters. The van der Waals surface area contributed by atoms with Gasteiger partial charge in [0.2, 0.25) is 5.91 Å². The molecule has 0 aliphatic carbocycles.